The Labute approximate surface area is 249 Å². The number of ether oxygens (including phenoxy) is 3. The van der Waals surface area contributed by atoms with Gasteiger partial charge in [0.15, 0.2) is 17.3 Å². The van der Waals surface area contributed by atoms with E-state index in [1.165, 1.54) is 0 Å². The number of Topliss-reactive ketones (excluding diaryl/α,β-unsaturated/α-hetero) is 1. The average Bonchev–Trinajstić information content (AvgIpc) is 2.99. The SMILES string of the molecule is CCCCc1c(C(C)=O)cc(OCCCCCCN=[N+]=[N-])c(OCCCCCCN=[N+]=[N-])c1OCCCCCN=[N+]=[N-]. The fraction of sp³-hybridized carbons (Fsp3) is 0.759. The number of benzene rings is 1. The van der Waals surface area contributed by atoms with Crippen LogP contribution in [0.5, 0.6) is 17.2 Å². The van der Waals surface area contributed by atoms with Gasteiger partial charge in [0.25, 0.3) is 0 Å². The molecule has 0 N–H and O–H groups in total. The number of ketones is 1. The van der Waals surface area contributed by atoms with Gasteiger partial charge in [-0.1, -0.05) is 54.4 Å². The first-order chi connectivity index (χ1) is 20.6. The van der Waals surface area contributed by atoms with E-state index < -0.39 is 0 Å². The van der Waals surface area contributed by atoms with Crippen molar-refractivity contribution in [3.8, 4) is 17.2 Å². The van der Waals surface area contributed by atoms with Crippen LogP contribution in [0.2, 0.25) is 0 Å². The van der Waals surface area contributed by atoms with Gasteiger partial charge in [-0.05, 0) is 87.4 Å². The molecule has 1 aromatic rings. The molecule has 13 nitrogen and oxygen atoms in total. The van der Waals surface area contributed by atoms with E-state index >= 15 is 0 Å². The normalized spacial score (nSPS) is 10.2. The summed E-state index contributed by atoms with van der Waals surface area (Å²) >= 11 is 0. The van der Waals surface area contributed by atoms with Crippen molar-refractivity contribution in [2.45, 2.75) is 104 Å². The molecule has 0 amide bonds. The lowest BCUT2D eigenvalue weighted by molar-refractivity contribution is 0.101. The van der Waals surface area contributed by atoms with E-state index in [2.05, 4.69) is 37.0 Å². The average molecular weight is 586 g/mol. The molecule has 0 fully saturated rings. The van der Waals surface area contributed by atoms with Crippen LogP contribution in [-0.4, -0.2) is 45.2 Å². The van der Waals surface area contributed by atoms with Crippen molar-refractivity contribution in [1.82, 2.24) is 0 Å². The molecule has 0 aliphatic carbocycles. The minimum absolute atomic E-state index is 0.0465. The highest BCUT2D eigenvalue weighted by Gasteiger charge is 2.24. The predicted molar refractivity (Wildman–Crippen MR) is 164 cm³/mol. The Morgan fingerprint density at radius 2 is 1.12 bits per heavy atom. The van der Waals surface area contributed by atoms with Gasteiger partial charge in [0.2, 0.25) is 5.75 Å². The zero-order valence-corrected chi connectivity index (χ0v) is 25.4. The maximum absolute atomic E-state index is 12.8. The van der Waals surface area contributed by atoms with Gasteiger partial charge in [0, 0.05) is 45.5 Å². The van der Waals surface area contributed by atoms with Gasteiger partial charge in [-0.15, -0.1) is 0 Å². The van der Waals surface area contributed by atoms with E-state index in [9.17, 15) is 4.79 Å². The largest absolute Gasteiger partial charge is 0.490 e. The molecule has 0 spiro atoms. The molecule has 232 valence electrons. The Bertz CT molecular complexity index is 1060. The Balaban J connectivity index is 3.13. The second kappa shape index (κ2) is 25.0. The van der Waals surface area contributed by atoms with Crippen LogP contribution in [0, 0.1) is 0 Å². The molecule has 0 saturated carbocycles. The van der Waals surface area contributed by atoms with Gasteiger partial charge in [0.1, 0.15) is 0 Å². The van der Waals surface area contributed by atoms with Gasteiger partial charge in [0.05, 0.1) is 19.8 Å². The predicted octanol–water partition coefficient (Wildman–Crippen LogP) is 9.59. The van der Waals surface area contributed by atoms with Crippen molar-refractivity contribution in [2.24, 2.45) is 15.3 Å². The minimum atomic E-state index is -0.0465. The van der Waals surface area contributed by atoms with Gasteiger partial charge >= 0.3 is 0 Å². The highest BCUT2D eigenvalue weighted by Crippen LogP contribution is 2.44. The molecule has 0 radical (unpaired) electrons. The molecular weight excluding hydrogens is 538 g/mol. The molecule has 0 aliphatic rings. The van der Waals surface area contributed by atoms with Crippen LogP contribution in [0.1, 0.15) is 113 Å². The molecule has 0 heterocycles. The van der Waals surface area contributed by atoms with Crippen LogP contribution in [0.3, 0.4) is 0 Å². The third kappa shape index (κ3) is 15.9. The second-order valence-electron chi connectivity index (χ2n) is 10.0. The first-order valence-corrected chi connectivity index (χ1v) is 15.2. The summed E-state index contributed by atoms with van der Waals surface area (Å²) in [5, 5.41) is 10.7. The van der Waals surface area contributed by atoms with E-state index in [0.717, 1.165) is 89.0 Å². The first-order valence-electron chi connectivity index (χ1n) is 15.2. The highest BCUT2D eigenvalue weighted by molar-refractivity contribution is 5.97. The number of carbonyl (C=O) groups excluding carboxylic acids is 1. The number of rotatable bonds is 27. The smallest absolute Gasteiger partial charge is 0.203 e. The Hall–Kier alpha value is -3.78. The van der Waals surface area contributed by atoms with Gasteiger partial charge in [-0.3, -0.25) is 4.79 Å². The number of azide groups is 3. The Morgan fingerprint density at radius 3 is 1.60 bits per heavy atom. The quantitative estimate of drug-likeness (QED) is 0.0326. The van der Waals surface area contributed by atoms with Gasteiger partial charge in [-0.25, -0.2) is 0 Å². The number of carbonyl (C=O) groups is 1. The number of hydrogen-bond donors (Lipinski definition) is 0. The van der Waals surface area contributed by atoms with Crippen molar-refractivity contribution >= 4 is 5.78 Å². The molecular formula is C29H47N9O4. The summed E-state index contributed by atoms with van der Waals surface area (Å²) < 4.78 is 18.9. The first kappa shape index (κ1) is 36.2. The Kier molecular flexibility index (Phi) is 21.6. The summed E-state index contributed by atoms with van der Waals surface area (Å²) in [5.41, 5.74) is 26.8. The zero-order chi connectivity index (χ0) is 30.7. The van der Waals surface area contributed by atoms with Crippen molar-refractivity contribution in [1.29, 1.82) is 0 Å². The van der Waals surface area contributed by atoms with Gasteiger partial charge in [-0.2, -0.15) is 0 Å². The molecule has 0 atom stereocenters. The molecule has 1 rings (SSSR count). The van der Waals surface area contributed by atoms with E-state index in [1.807, 2.05) is 0 Å². The van der Waals surface area contributed by atoms with Gasteiger partial charge < -0.3 is 14.2 Å². The molecule has 13 heteroatoms. The summed E-state index contributed by atoms with van der Waals surface area (Å²) in [7, 11) is 0. The highest BCUT2D eigenvalue weighted by atomic mass is 16.5. The third-order valence-electron chi connectivity index (χ3n) is 6.61. The standard InChI is InChI=1S/C29H47N9O4/c1-3-4-16-25-26(24(2)39)23-27(40-20-13-7-5-10-17-33-36-30)29(42-22-14-8-6-11-18-34-37-31)28(25)41-21-15-9-12-19-35-38-32/h23H,3-22H2,1-2H3. The minimum Gasteiger partial charge on any atom is -0.490 e. The monoisotopic (exact) mass is 585 g/mol. The van der Waals surface area contributed by atoms with Crippen LogP contribution < -0.4 is 14.2 Å². The fourth-order valence-corrected chi connectivity index (χ4v) is 4.37. The second-order valence-corrected chi connectivity index (χ2v) is 10.0. The van der Waals surface area contributed by atoms with Crippen molar-refractivity contribution in [3.63, 3.8) is 0 Å². The zero-order valence-electron chi connectivity index (χ0n) is 25.4. The number of unbranched alkanes of at least 4 members (excludes halogenated alkanes) is 9. The summed E-state index contributed by atoms with van der Waals surface area (Å²) in [6.07, 6.45) is 12.0. The summed E-state index contributed by atoms with van der Waals surface area (Å²) in [6.45, 7) is 6.49. The van der Waals surface area contributed by atoms with Crippen LogP contribution in [0.25, 0.3) is 31.3 Å². The molecule has 1 aromatic carbocycles. The molecule has 42 heavy (non-hydrogen) atoms. The molecule has 0 bridgehead atoms. The maximum atomic E-state index is 12.8. The van der Waals surface area contributed by atoms with Crippen LogP contribution in [0.15, 0.2) is 21.4 Å². The summed E-state index contributed by atoms with van der Waals surface area (Å²) in [5.74, 6) is 1.59. The lowest BCUT2D eigenvalue weighted by Crippen LogP contribution is -2.12. The molecule has 0 aromatic heterocycles. The van der Waals surface area contributed by atoms with E-state index in [-0.39, 0.29) is 5.78 Å². The van der Waals surface area contributed by atoms with E-state index in [1.54, 1.807) is 13.0 Å². The summed E-state index contributed by atoms with van der Waals surface area (Å²) in [4.78, 5) is 21.1. The van der Waals surface area contributed by atoms with Crippen LogP contribution in [0.4, 0.5) is 0 Å². The fourth-order valence-electron chi connectivity index (χ4n) is 4.37. The third-order valence-corrected chi connectivity index (χ3v) is 6.61. The van der Waals surface area contributed by atoms with E-state index in [4.69, 9.17) is 30.8 Å². The number of nitrogens with zero attached hydrogens (tertiary/aromatic N) is 9. The maximum Gasteiger partial charge on any atom is 0.203 e. The lowest BCUT2D eigenvalue weighted by Gasteiger charge is -2.22. The van der Waals surface area contributed by atoms with Crippen molar-refractivity contribution in [2.75, 3.05) is 39.5 Å². The van der Waals surface area contributed by atoms with Crippen LogP contribution >= 0.6 is 0 Å². The van der Waals surface area contributed by atoms with Crippen LogP contribution in [-0.2, 0) is 6.42 Å². The van der Waals surface area contributed by atoms with E-state index in [0.29, 0.717) is 68.7 Å². The van der Waals surface area contributed by atoms with Crippen molar-refractivity contribution < 1.29 is 19.0 Å². The molecule has 0 unspecified atom stereocenters. The lowest BCUT2D eigenvalue weighted by atomic mass is 9.97. The molecule has 0 saturated heterocycles. The summed E-state index contributed by atoms with van der Waals surface area (Å²) in [6, 6.07) is 1.80. The Morgan fingerprint density at radius 1 is 0.667 bits per heavy atom. The topological polar surface area (TPSA) is 191 Å². The number of hydrogen-bond acceptors (Lipinski definition) is 7. The molecule has 0 aliphatic heterocycles. The van der Waals surface area contributed by atoms with Crippen molar-refractivity contribution in [3.05, 3.63) is 48.5 Å².